The Kier molecular flexibility index (Phi) is 5.87. The minimum absolute atomic E-state index is 0.104. The van der Waals surface area contributed by atoms with Gasteiger partial charge in [0.25, 0.3) is 0 Å². The minimum Gasteiger partial charge on any atom is -0.444 e. The smallest absolute Gasteiger partial charge is 0.410 e. The molecule has 4 rings (SSSR count). The van der Waals surface area contributed by atoms with E-state index in [2.05, 4.69) is 0 Å². The zero-order valence-corrected chi connectivity index (χ0v) is 19.6. The fourth-order valence-corrected chi connectivity index (χ4v) is 4.35. The molecule has 0 saturated carbocycles. The van der Waals surface area contributed by atoms with Crippen LogP contribution in [0.4, 0.5) is 4.79 Å². The Morgan fingerprint density at radius 1 is 1.09 bits per heavy atom. The maximum atomic E-state index is 13.5. The van der Waals surface area contributed by atoms with Crippen molar-refractivity contribution >= 4 is 34.6 Å². The number of hydrogen-bond donors (Lipinski definition) is 0. The molecule has 166 valence electrons. The lowest BCUT2D eigenvalue weighted by Gasteiger charge is -2.29. The van der Waals surface area contributed by atoms with Crippen molar-refractivity contribution in [2.24, 2.45) is 0 Å². The number of carbonyl (C=O) groups excluding carboxylic acids is 2. The second-order valence-electron chi connectivity index (χ2n) is 9.07. The van der Waals surface area contributed by atoms with E-state index in [1.165, 1.54) is 0 Å². The second kappa shape index (κ2) is 8.47. The van der Waals surface area contributed by atoms with Gasteiger partial charge in [0, 0.05) is 30.4 Å². The third-order valence-electron chi connectivity index (χ3n) is 5.56. The highest BCUT2D eigenvalue weighted by atomic mass is 35.5. The summed E-state index contributed by atoms with van der Waals surface area (Å²) in [5, 5.41) is 0.451. The van der Waals surface area contributed by atoms with Gasteiger partial charge in [-0.2, -0.15) is 0 Å². The van der Waals surface area contributed by atoms with Gasteiger partial charge in [0.2, 0.25) is 5.78 Å². The van der Waals surface area contributed by atoms with Crippen molar-refractivity contribution in [3.05, 3.63) is 82.1 Å². The molecule has 1 aliphatic heterocycles. The zero-order valence-electron chi connectivity index (χ0n) is 18.8. The summed E-state index contributed by atoms with van der Waals surface area (Å²) in [4.78, 5) is 27.6. The Balaban J connectivity index is 1.69. The van der Waals surface area contributed by atoms with E-state index >= 15 is 0 Å². The van der Waals surface area contributed by atoms with Crippen molar-refractivity contribution < 1.29 is 14.3 Å². The quantitative estimate of drug-likeness (QED) is 0.449. The lowest BCUT2D eigenvalue weighted by Crippen LogP contribution is -2.39. The van der Waals surface area contributed by atoms with Crippen LogP contribution in [0, 0.1) is 6.92 Å². The molecule has 5 nitrogen and oxygen atoms in total. The van der Waals surface area contributed by atoms with E-state index in [9.17, 15) is 9.59 Å². The second-order valence-corrected chi connectivity index (χ2v) is 9.47. The van der Waals surface area contributed by atoms with Crippen LogP contribution in [0.5, 0.6) is 0 Å². The summed E-state index contributed by atoms with van der Waals surface area (Å²) in [6.45, 7) is 8.53. The number of hydrogen-bond acceptors (Lipinski definition) is 3. The summed E-state index contributed by atoms with van der Waals surface area (Å²) in [5.41, 5.74) is 4.49. The standard InChI is InChI=1S/C26H27ClN2O3/c1-17-8-7-9-20(27)23(17)24(30)22-16-19(21-10-5-6-13-29(21)22)18-11-14-28(15-12-18)25(31)32-26(2,3)4/h5-11,13,16H,12,14-15H2,1-4H3. The first-order valence-electron chi connectivity index (χ1n) is 10.7. The molecule has 1 aromatic carbocycles. The number of rotatable bonds is 3. The van der Waals surface area contributed by atoms with E-state index in [1.54, 1.807) is 11.0 Å². The third kappa shape index (κ3) is 4.30. The van der Waals surface area contributed by atoms with Crippen LogP contribution in [0.15, 0.2) is 54.7 Å². The Hall–Kier alpha value is -3.05. The van der Waals surface area contributed by atoms with Crippen LogP contribution in [0.3, 0.4) is 0 Å². The number of amides is 1. The van der Waals surface area contributed by atoms with Crippen molar-refractivity contribution in [3.63, 3.8) is 0 Å². The SMILES string of the molecule is Cc1cccc(Cl)c1C(=O)c1cc(C2=CCN(C(=O)OC(C)(C)C)CC2)c2ccccn12. The van der Waals surface area contributed by atoms with Gasteiger partial charge < -0.3 is 14.0 Å². The number of benzene rings is 1. The van der Waals surface area contributed by atoms with Gasteiger partial charge in [-0.3, -0.25) is 4.79 Å². The number of aromatic nitrogens is 1. The average molecular weight is 451 g/mol. The number of ether oxygens (including phenoxy) is 1. The molecule has 0 fully saturated rings. The number of carbonyl (C=O) groups is 2. The van der Waals surface area contributed by atoms with Gasteiger partial charge in [0.1, 0.15) is 5.60 Å². The van der Waals surface area contributed by atoms with Crippen LogP contribution in [0.1, 0.15) is 54.4 Å². The predicted molar refractivity (Wildman–Crippen MR) is 127 cm³/mol. The van der Waals surface area contributed by atoms with E-state index in [4.69, 9.17) is 16.3 Å². The van der Waals surface area contributed by atoms with Crippen LogP contribution in [0.2, 0.25) is 5.02 Å². The van der Waals surface area contributed by atoms with Gasteiger partial charge >= 0.3 is 6.09 Å². The van der Waals surface area contributed by atoms with E-state index < -0.39 is 5.60 Å². The summed E-state index contributed by atoms with van der Waals surface area (Å²) in [7, 11) is 0. The van der Waals surface area contributed by atoms with Crippen molar-refractivity contribution in [1.29, 1.82) is 0 Å². The monoisotopic (exact) mass is 450 g/mol. The first kappa shape index (κ1) is 22.2. The molecule has 0 bridgehead atoms. The van der Waals surface area contributed by atoms with E-state index in [0.717, 1.165) is 22.2 Å². The molecule has 3 aromatic rings. The molecule has 0 N–H and O–H groups in total. The first-order chi connectivity index (χ1) is 15.2. The molecule has 0 atom stereocenters. The number of halogens is 1. The van der Waals surface area contributed by atoms with Crippen LogP contribution in [-0.2, 0) is 4.74 Å². The maximum Gasteiger partial charge on any atom is 0.410 e. The Morgan fingerprint density at radius 3 is 2.53 bits per heavy atom. The number of fused-ring (bicyclic) bond motifs is 1. The summed E-state index contributed by atoms with van der Waals surface area (Å²) >= 11 is 6.38. The van der Waals surface area contributed by atoms with Crippen LogP contribution in [0.25, 0.3) is 11.1 Å². The van der Waals surface area contributed by atoms with Gasteiger partial charge in [-0.05, 0) is 69.5 Å². The summed E-state index contributed by atoms with van der Waals surface area (Å²) < 4.78 is 7.41. The molecule has 32 heavy (non-hydrogen) atoms. The average Bonchev–Trinajstić information content (AvgIpc) is 3.12. The molecule has 0 unspecified atom stereocenters. The van der Waals surface area contributed by atoms with Crippen LogP contribution < -0.4 is 0 Å². The molecular formula is C26H27ClN2O3. The van der Waals surface area contributed by atoms with E-state index in [-0.39, 0.29) is 11.9 Å². The first-order valence-corrected chi connectivity index (χ1v) is 11.1. The number of pyridine rings is 1. The van der Waals surface area contributed by atoms with Crippen molar-refractivity contribution in [3.8, 4) is 0 Å². The van der Waals surface area contributed by atoms with Crippen molar-refractivity contribution in [1.82, 2.24) is 9.30 Å². The lowest BCUT2D eigenvalue weighted by molar-refractivity contribution is 0.0270. The molecule has 2 aromatic heterocycles. The summed E-state index contributed by atoms with van der Waals surface area (Å²) in [6.07, 6.45) is 4.32. The third-order valence-corrected chi connectivity index (χ3v) is 5.88. The highest BCUT2D eigenvalue weighted by Crippen LogP contribution is 2.32. The summed E-state index contributed by atoms with van der Waals surface area (Å²) in [6, 6.07) is 13.3. The highest BCUT2D eigenvalue weighted by molar-refractivity contribution is 6.35. The lowest BCUT2D eigenvalue weighted by atomic mass is 9.98. The Morgan fingerprint density at radius 2 is 1.88 bits per heavy atom. The number of nitrogens with zero attached hydrogens (tertiary/aromatic N) is 2. The van der Waals surface area contributed by atoms with Crippen molar-refractivity contribution in [2.75, 3.05) is 13.1 Å². The normalized spacial score (nSPS) is 14.4. The molecule has 0 radical (unpaired) electrons. The molecule has 6 heteroatoms. The van der Waals surface area contributed by atoms with Gasteiger partial charge in [-0.25, -0.2) is 4.79 Å². The van der Waals surface area contributed by atoms with Gasteiger partial charge in [0.15, 0.2) is 0 Å². The largest absolute Gasteiger partial charge is 0.444 e. The highest BCUT2D eigenvalue weighted by Gasteiger charge is 2.26. The summed E-state index contributed by atoms with van der Waals surface area (Å²) in [5.74, 6) is -0.104. The maximum absolute atomic E-state index is 13.5. The number of ketones is 1. The van der Waals surface area contributed by atoms with Crippen LogP contribution in [-0.4, -0.2) is 39.9 Å². The minimum atomic E-state index is -0.522. The zero-order chi connectivity index (χ0) is 23.0. The van der Waals surface area contributed by atoms with E-state index in [1.807, 2.05) is 80.8 Å². The topological polar surface area (TPSA) is 51.0 Å². The molecule has 0 spiro atoms. The number of aryl methyl sites for hydroxylation is 1. The molecule has 0 aliphatic carbocycles. The fraction of sp³-hybridized carbons (Fsp3) is 0.308. The van der Waals surface area contributed by atoms with E-state index in [0.29, 0.717) is 35.8 Å². The van der Waals surface area contributed by atoms with Gasteiger partial charge in [-0.1, -0.05) is 35.9 Å². The Labute approximate surface area is 193 Å². The molecular weight excluding hydrogens is 424 g/mol. The predicted octanol–water partition coefficient (Wildman–Crippen LogP) is 6.16. The molecule has 1 amide bonds. The van der Waals surface area contributed by atoms with Gasteiger partial charge in [-0.15, -0.1) is 0 Å². The Bertz CT molecular complexity index is 1210. The van der Waals surface area contributed by atoms with Crippen molar-refractivity contribution in [2.45, 2.75) is 39.7 Å². The molecule has 0 saturated heterocycles. The van der Waals surface area contributed by atoms with Gasteiger partial charge in [0.05, 0.1) is 16.2 Å². The molecule has 1 aliphatic rings. The molecule has 3 heterocycles. The fourth-order valence-electron chi connectivity index (χ4n) is 4.04. The van der Waals surface area contributed by atoms with Crippen LogP contribution >= 0.6 is 11.6 Å².